The summed E-state index contributed by atoms with van der Waals surface area (Å²) in [6.07, 6.45) is 1.50. The first kappa shape index (κ1) is 20.3. The van der Waals surface area contributed by atoms with E-state index in [0.29, 0.717) is 19.7 Å². The maximum absolute atomic E-state index is 12.9. The summed E-state index contributed by atoms with van der Waals surface area (Å²) in [6.45, 7) is 5.61. The third-order valence-electron chi connectivity index (χ3n) is 5.04. The molecule has 0 radical (unpaired) electrons. The second kappa shape index (κ2) is 9.67. The van der Waals surface area contributed by atoms with Crippen LogP contribution in [0.25, 0.3) is 0 Å². The number of rotatable bonds is 7. The number of aromatic amines is 1. The highest BCUT2D eigenvalue weighted by molar-refractivity contribution is 7.98. The number of nitrogens with zero attached hydrogens (tertiary/aromatic N) is 4. The van der Waals surface area contributed by atoms with Gasteiger partial charge in [0, 0.05) is 37.5 Å². The van der Waals surface area contributed by atoms with E-state index in [4.69, 9.17) is 4.74 Å². The number of aromatic nitrogens is 3. The number of hydrogen-bond donors (Lipinski definition) is 1. The predicted octanol–water partition coefficient (Wildman–Crippen LogP) is 3.46. The first-order valence-electron chi connectivity index (χ1n) is 10.1. The van der Waals surface area contributed by atoms with E-state index in [9.17, 15) is 4.79 Å². The zero-order chi connectivity index (χ0) is 20.8. The van der Waals surface area contributed by atoms with Crippen molar-refractivity contribution in [1.29, 1.82) is 0 Å². The van der Waals surface area contributed by atoms with Crippen molar-refractivity contribution in [3.05, 3.63) is 66.0 Å². The highest BCUT2D eigenvalue weighted by Crippen LogP contribution is 2.29. The van der Waals surface area contributed by atoms with Gasteiger partial charge in [0.05, 0.1) is 12.3 Å². The zero-order valence-electron chi connectivity index (χ0n) is 17.0. The van der Waals surface area contributed by atoms with Crippen molar-refractivity contribution in [1.82, 2.24) is 20.1 Å². The molecule has 1 aliphatic rings. The highest BCUT2D eigenvalue weighted by atomic mass is 32.2. The minimum atomic E-state index is 0.0854. The summed E-state index contributed by atoms with van der Waals surface area (Å²) < 4.78 is 5.76. The van der Waals surface area contributed by atoms with Crippen LogP contribution in [0.4, 0.5) is 5.69 Å². The summed E-state index contributed by atoms with van der Waals surface area (Å²) in [7, 11) is 0. The lowest BCUT2D eigenvalue weighted by Crippen LogP contribution is -2.48. The molecule has 0 bridgehead atoms. The Morgan fingerprint density at radius 3 is 2.57 bits per heavy atom. The molecule has 0 aliphatic carbocycles. The molecule has 1 aromatic heterocycles. The quantitative estimate of drug-likeness (QED) is 0.587. The second-order valence-electron chi connectivity index (χ2n) is 6.96. The van der Waals surface area contributed by atoms with Crippen LogP contribution in [0.5, 0.6) is 5.75 Å². The van der Waals surface area contributed by atoms with Gasteiger partial charge in [-0.15, -0.1) is 0 Å². The molecule has 1 aliphatic heterocycles. The van der Waals surface area contributed by atoms with Crippen molar-refractivity contribution in [3.63, 3.8) is 0 Å². The normalized spacial score (nSPS) is 14.0. The molecule has 1 saturated heterocycles. The first-order valence-corrected chi connectivity index (χ1v) is 11.1. The van der Waals surface area contributed by atoms with E-state index in [0.717, 1.165) is 46.6 Å². The van der Waals surface area contributed by atoms with Crippen molar-refractivity contribution in [2.75, 3.05) is 37.7 Å². The molecule has 8 heteroatoms. The standard InChI is InChI=1S/C22H25N5O2S/c1-2-29-20-6-4-3-5-19(20)26-11-13-27(14-12-26)21(28)18-9-7-17(8-10-18)15-30-22-23-16-24-25-22/h3-10,16H,2,11-15H2,1H3,(H,23,24,25). The largest absolute Gasteiger partial charge is 0.492 e. The minimum Gasteiger partial charge on any atom is -0.492 e. The Labute approximate surface area is 180 Å². The number of benzene rings is 2. The molecular weight excluding hydrogens is 398 g/mol. The average Bonchev–Trinajstić information content (AvgIpc) is 3.32. The number of hydrogen-bond acceptors (Lipinski definition) is 6. The Balaban J connectivity index is 1.33. The predicted molar refractivity (Wildman–Crippen MR) is 118 cm³/mol. The fourth-order valence-electron chi connectivity index (χ4n) is 3.49. The van der Waals surface area contributed by atoms with Gasteiger partial charge in [-0.25, -0.2) is 4.98 Å². The molecule has 0 saturated carbocycles. The first-order chi connectivity index (χ1) is 14.7. The molecular formula is C22H25N5O2S. The summed E-state index contributed by atoms with van der Waals surface area (Å²) in [5.41, 5.74) is 2.97. The number of piperazine rings is 1. The second-order valence-corrected chi connectivity index (χ2v) is 7.92. The Morgan fingerprint density at radius 2 is 1.87 bits per heavy atom. The maximum atomic E-state index is 12.9. The third-order valence-corrected chi connectivity index (χ3v) is 5.99. The topological polar surface area (TPSA) is 74.3 Å². The van der Waals surface area contributed by atoms with Crippen LogP contribution in [0, 0.1) is 0 Å². The van der Waals surface area contributed by atoms with Crippen molar-refractivity contribution in [2.24, 2.45) is 0 Å². The lowest BCUT2D eigenvalue weighted by molar-refractivity contribution is 0.0746. The van der Waals surface area contributed by atoms with Gasteiger partial charge in [-0.1, -0.05) is 36.0 Å². The molecule has 1 amide bonds. The molecule has 4 rings (SSSR count). The molecule has 0 atom stereocenters. The minimum absolute atomic E-state index is 0.0854. The van der Waals surface area contributed by atoms with Gasteiger partial charge in [-0.2, -0.15) is 5.10 Å². The number of H-pyrrole nitrogens is 1. The number of para-hydroxylation sites is 2. The third kappa shape index (κ3) is 4.76. The molecule has 2 aromatic carbocycles. The summed E-state index contributed by atoms with van der Waals surface area (Å²) >= 11 is 1.58. The number of anilines is 1. The smallest absolute Gasteiger partial charge is 0.253 e. The number of carbonyl (C=O) groups is 1. The summed E-state index contributed by atoms with van der Waals surface area (Å²) in [6, 6.07) is 15.9. The van der Waals surface area contributed by atoms with Gasteiger partial charge in [0.15, 0.2) is 5.16 Å². The van der Waals surface area contributed by atoms with Crippen molar-refractivity contribution in [2.45, 2.75) is 17.8 Å². The molecule has 1 N–H and O–H groups in total. The van der Waals surface area contributed by atoms with Gasteiger partial charge >= 0.3 is 0 Å². The van der Waals surface area contributed by atoms with Crippen LogP contribution in [0.3, 0.4) is 0 Å². The van der Waals surface area contributed by atoms with Crippen LogP contribution in [0.1, 0.15) is 22.8 Å². The zero-order valence-corrected chi connectivity index (χ0v) is 17.8. The van der Waals surface area contributed by atoms with Gasteiger partial charge in [-0.3, -0.25) is 9.89 Å². The fourth-order valence-corrected chi connectivity index (χ4v) is 4.22. The summed E-state index contributed by atoms with van der Waals surface area (Å²) in [5, 5.41) is 7.47. The van der Waals surface area contributed by atoms with Crippen LogP contribution < -0.4 is 9.64 Å². The Hall–Kier alpha value is -3.00. The summed E-state index contributed by atoms with van der Waals surface area (Å²) in [4.78, 5) is 21.2. The Morgan fingerprint density at radius 1 is 1.10 bits per heavy atom. The van der Waals surface area contributed by atoms with Crippen molar-refractivity contribution < 1.29 is 9.53 Å². The van der Waals surface area contributed by atoms with E-state index in [1.807, 2.05) is 54.3 Å². The molecule has 156 valence electrons. The lowest BCUT2D eigenvalue weighted by Gasteiger charge is -2.36. The molecule has 3 aromatic rings. The number of amides is 1. The molecule has 0 unspecified atom stereocenters. The van der Waals surface area contributed by atoms with Crippen LogP contribution in [0.2, 0.25) is 0 Å². The van der Waals surface area contributed by atoms with E-state index in [-0.39, 0.29) is 5.91 Å². The molecule has 2 heterocycles. The van der Waals surface area contributed by atoms with E-state index in [2.05, 4.69) is 26.1 Å². The van der Waals surface area contributed by atoms with Crippen LogP contribution in [0.15, 0.2) is 60.0 Å². The van der Waals surface area contributed by atoms with Crippen LogP contribution >= 0.6 is 11.8 Å². The van der Waals surface area contributed by atoms with E-state index >= 15 is 0 Å². The number of carbonyl (C=O) groups excluding carboxylic acids is 1. The molecule has 7 nitrogen and oxygen atoms in total. The fraction of sp³-hybridized carbons (Fsp3) is 0.318. The molecule has 30 heavy (non-hydrogen) atoms. The highest BCUT2D eigenvalue weighted by Gasteiger charge is 2.23. The SMILES string of the molecule is CCOc1ccccc1N1CCN(C(=O)c2ccc(CSc3ncn[nH]3)cc2)CC1. The van der Waals surface area contributed by atoms with Crippen molar-refractivity contribution in [3.8, 4) is 5.75 Å². The van der Waals surface area contributed by atoms with Crippen molar-refractivity contribution >= 4 is 23.4 Å². The lowest BCUT2D eigenvalue weighted by atomic mass is 10.1. The number of nitrogens with one attached hydrogen (secondary N) is 1. The van der Waals surface area contributed by atoms with E-state index in [1.54, 1.807) is 11.8 Å². The monoisotopic (exact) mass is 423 g/mol. The number of thioether (sulfide) groups is 1. The molecule has 1 fully saturated rings. The van der Waals surface area contributed by atoms with Gasteiger partial charge in [-0.05, 0) is 36.8 Å². The van der Waals surface area contributed by atoms with Gasteiger partial charge in [0.2, 0.25) is 0 Å². The Kier molecular flexibility index (Phi) is 6.53. The van der Waals surface area contributed by atoms with Gasteiger partial charge in [0.1, 0.15) is 12.1 Å². The van der Waals surface area contributed by atoms with Gasteiger partial charge < -0.3 is 14.5 Å². The molecule has 0 spiro atoms. The number of ether oxygens (including phenoxy) is 1. The maximum Gasteiger partial charge on any atom is 0.253 e. The average molecular weight is 424 g/mol. The van der Waals surface area contributed by atoms with Crippen LogP contribution in [-0.4, -0.2) is 58.8 Å². The van der Waals surface area contributed by atoms with E-state index in [1.165, 1.54) is 6.33 Å². The van der Waals surface area contributed by atoms with E-state index < -0.39 is 0 Å². The summed E-state index contributed by atoms with van der Waals surface area (Å²) in [5.74, 6) is 1.77. The van der Waals surface area contributed by atoms with Crippen LogP contribution in [-0.2, 0) is 5.75 Å². The Bertz CT molecular complexity index is 954. The van der Waals surface area contributed by atoms with Gasteiger partial charge in [0.25, 0.3) is 5.91 Å².